The fraction of sp³-hybridized carbons (Fsp3) is 0.161. The summed E-state index contributed by atoms with van der Waals surface area (Å²) >= 11 is 0. The highest BCUT2D eigenvalue weighted by Crippen LogP contribution is 2.42. The van der Waals surface area contributed by atoms with Crippen molar-refractivity contribution in [2.75, 3.05) is 7.11 Å². The molecule has 0 radical (unpaired) electrons. The van der Waals surface area contributed by atoms with E-state index in [-0.39, 0.29) is 17.9 Å². The third-order valence-corrected chi connectivity index (χ3v) is 6.51. The molecular weight excluding hydrogens is 482 g/mol. The molecule has 1 atom stereocenters. The summed E-state index contributed by atoms with van der Waals surface area (Å²) in [5.74, 6) is -0.244. The molecule has 3 aromatic carbocycles. The molecule has 7 heteroatoms. The van der Waals surface area contributed by atoms with Gasteiger partial charge >= 0.3 is 0 Å². The smallest absolute Gasteiger partial charge is 0.296 e. The number of aliphatic hydroxyl groups excluding tert-OH is 1. The summed E-state index contributed by atoms with van der Waals surface area (Å²) in [7, 11) is 1.53. The molecule has 0 saturated carbocycles. The normalized spacial score (nSPS) is 16.6. The Kier molecular flexibility index (Phi) is 7.00. The molecule has 38 heavy (non-hydrogen) atoms. The minimum Gasteiger partial charge on any atom is -0.507 e. The summed E-state index contributed by atoms with van der Waals surface area (Å²) in [5.41, 5.74) is 3.06. The fourth-order valence-electron chi connectivity index (χ4n) is 4.54. The number of amides is 1. The molecule has 1 fully saturated rings. The van der Waals surface area contributed by atoms with E-state index in [1.54, 1.807) is 42.5 Å². The maximum absolute atomic E-state index is 13.3. The van der Waals surface area contributed by atoms with E-state index < -0.39 is 17.7 Å². The van der Waals surface area contributed by atoms with Gasteiger partial charge in [-0.15, -0.1) is 0 Å². The molecule has 0 spiro atoms. The Morgan fingerprint density at radius 3 is 2.39 bits per heavy atom. The Morgan fingerprint density at radius 2 is 1.71 bits per heavy atom. The number of furan rings is 1. The van der Waals surface area contributed by atoms with Crippen molar-refractivity contribution in [2.45, 2.75) is 26.1 Å². The molecule has 1 aromatic heterocycles. The molecule has 2 heterocycles. The van der Waals surface area contributed by atoms with Crippen molar-refractivity contribution in [2.24, 2.45) is 0 Å². The van der Waals surface area contributed by atoms with Crippen LogP contribution in [-0.2, 0) is 22.7 Å². The lowest BCUT2D eigenvalue weighted by atomic mass is 9.94. The van der Waals surface area contributed by atoms with Gasteiger partial charge in [0.2, 0.25) is 0 Å². The number of likely N-dealkylation sites (tertiary alicyclic amines) is 1. The van der Waals surface area contributed by atoms with Crippen LogP contribution in [0.2, 0.25) is 0 Å². The first-order valence-corrected chi connectivity index (χ1v) is 12.2. The molecule has 1 aliphatic rings. The average Bonchev–Trinajstić information content (AvgIpc) is 3.55. The maximum Gasteiger partial charge on any atom is 0.296 e. The van der Waals surface area contributed by atoms with Crippen LogP contribution in [0.3, 0.4) is 0 Å². The molecular formula is C31H27NO6. The standard InChI is InChI=1S/C31H27NO6/c1-20-10-12-22(13-11-20)29(33)27-28(32(31(35)30(27)34)18-24-9-6-16-37-24)23-14-15-25(26(17-23)36-2)38-19-21-7-4-3-5-8-21/h3-17,28,33H,18-19H2,1-2H3. The number of benzene rings is 3. The predicted molar refractivity (Wildman–Crippen MR) is 142 cm³/mol. The Labute approximate surface area is 220 Å². The molecule has 0 aliphatic carbocycles. The fourth-order valence-corrected chi connectivity index (χ4v) is 4.54. The van der Waals surface area contributed by atoms with Crippen LogP contribution in [0.25, 0.3) is 5.76 Å². The number of carbonyl (C=O) groups is 2. The van der Waals surface area contributed by atoms with Crippen molar-refractivity contribution < 1.29 is 28.6 Å². The first-order chi connectivity index (χ1) is 18.5. The lowest BCUT2D eigenvalue weighted by molar-refractivity contribution is -0.140. The van der Waals surface area contributed by atoms with Crippen LogP contribution in [0.4, 0.5) is 0 Å². The summed E-state index contributed by atoms with van der Waals surface area (Å²) in [6, 6.07) is 24.7. The Hall–Kier alpha value is -4.78. The van der Waals surface area contributed by atoms with Gasteiger partial charge in [-0.3, -0.25) is 9.59 Å². The highest BCUT2D eigenvalue weighted by atomic mass is 16.5. The molecule has 0 bridgehead atoms. The van der Waals surface area contributed by atoms with E-state index in [9.17, 15) is 14.7 Å². The molecule has 4 aromatic rings. The lowest BCUT2D eigenvalue weighted by Crippen LogP contribution is -2.29. The van der Waals surface area contributed by atoms with Crippen LogP contribution in [0.1, 0.15) is 34.1 Å². The first-order valence-electron chi connectivity index (χ1n) is 12.2. The van der Waals surface area contributed by atoms with Gasteiger partial charge < -0.3 is 23.9 Å². The SMILES string of the molecule is COc1cc(C2C(=C(O)c3ccc(C)cc3)C(=O)C(=O)N2Cc2ccco2)ccc1OCc1ccccc1. The second kappa shape index (κ2) is 10.7. The summed E-state index contributed by atoms with van der Waals surface area (Å²) in [5, 5.41) is 11.3. The van der Waals surface area contributed by atoms with Gasteiger partial charge in [0.05, 0.1) is 31.5 Å². The Morgan fingerprint density at radius 1 is 0.947 bits per heavy atom. The molecule has 5 rings (SSSR count). The second-order valence-electron chi connectivity index (χ2n) is 9.06. The number of methoxy groups -OCH3 is 1. The number of aryl methyl sites for hydroxylation is 1. The van der Waals surface area contributed by atoms with E-state index in [2.05, 4.69) is 0 Å². The number of ketones is 1. The maximum atomic E-state index is 13.3. The minimum atomic E-state index is -0.863. The highest BCUT2D eigenvalue weighted by molar-refractivity contribution is 6.46. The number of hydrogen-bond donors (Lipinski definition) is 1. The van der Waals surface area contributed by atoms with E-state index in [1.807, 2.05) is 49.4 Å². The highest BCUT2D eigenvalue weighted by Gasteiger charge is 2.46. The summed E-state index contributed by atoms with van der Waals surface area (Å²) in [6.45, 7) is 2.34. The molecule has 7 nitrogen and oxygen atoms in total. The molecule has 1 N–H and O–H groups in total. The topological polar surface area (TPSA) is 89.2 Å². The summed E-state index contributed by atoms with van der Waals surface area (Å²) in [4.78, 5) is 27.9. The van der Waals surface area contributed by atoms with Crippen molar-refractivity contribution in [3.8, 4) is 11.5 Å². The third-order valence-electron chi connectivity index (χ3n) is 6.51. The van der Waals surface area contributed by atoms with E-state index in [0.29, 0.717) is 35.0 Å². The van der Waals surface area contributed by atoms with Crippen LogP contribution in [0.15, 0.2) is 101 Å². The molecule has 1 amide bonds. The molecule has 1 saturated heterocycles. The van der Waals surface area contributed by atoms with Gasteiger partial charge in [-0.05, 0) is 42.3 Å². The van der Waals surface area contributed by atoms with Crippen molar-refractivity contribution in [1.82, 2.24) is 4.90 Å². The average molecular weight is 510 g/mol. The van der Waals surface area contributed by atoms with Crippen molar-refractivity contribution in [3.63, 3.8) is 0 Å². The van der Waals surface area contributed by atoms with Gasteiger partial charge in [-0.25, -0.2) is 0 Å². The van der Waals surface area contributed by atoms with Gasteiger partial charge in [0.1, 0.15) is 18.1 Å². The third kappa shape index (κ3) is 4.91. The second-order valence-corrected chi connectivity index (χ2v) is 9.06. The minimum absolute atomic E-state index is 0.00501. The van der Waals surface area contributed by atoms with E-state index in [1.165, 1.54) is 18.3 Å². The number of ether oxygens (including phenoxy) is 2. The Bertz CT molecular complexity index is 1470. The number of aliphatic hydroxyl groups is 1. The number of rotatable bonds is 8. The van der Waals surface area contributed by atoms with Crippen LogP contribution >= 0.6 is 0 Å². The number of hydrogen-bond acceptors (Lipinski definition) is 6. The van der Waals surface area contributed by atoms with Gasteiger partial charge in [0.25, 0.3) is 11.7 Å². The van der Waals surface area contributed by atoms with E-state index >= 15 is 0 Å². The predicted octanol–water partition coefficient (Wildman–Crippen LogP) is 5.80. The number of Topliss-reactive ketones (excluding diaryl/α,β-unsaturated/α-hetero) is 1. The Balaban J connectivity index is 1.56. The zero-order chi connectivity index (χ0) is 26.6. The first kappa shape index (κ1) is 24.9. The van der Waals surface area contributed by atoms with Crippen LogP contribution in [-0.4, -0.2) is 28.8 Å². The van der Waals surface area contributed by atoms with Gasteiger partial charge in [-0.2, -0.15) is 0 Å². The zero-order valence-electron chi connectivity index (χ0n) is 21.1. The van der Waals surface area contributed by atoms with Crippen LogP contribution in [0, 0.1) is 6.92 Å². The lowest BCUT2D eigenvalue weighted by Gasteiger charge is -2.25. The van der Waals surface area contributed by atoms with E-state index in [0.717, 1.165) is 11.1 Å². The van der Waals surface area contributed by atoms with Gasteiger partial charge in [0.15, 0.2) is 11.5 Å². The molecule has 192 valence electrons. The number of carbonyl (C=O) groups excluding carboxylic acids is 2. The molecule has 1 aliphatic heterocycles. The summed E-state index contributed by atoms with van der Waals surface area (Å²) < 4.78 is 17.1. The quantitative estimate of drug-likeness (QED) is 0.184. The van der Waals surface area contributed by atoms with Gasteiger partial charge in [-0.1, -0.05) is 66.2 Å². The van der Waals surface area contributed by atoms with Crippen LogP contribution < -0.4 is 9.47 Å². The van der Waals surface area contributed by atoms with Crippen molar-refractivity contribution in [1.29, 1.82) is 0 Å². The van der Waals surface area contributed by atoms with Gasteiger partial charge in [0, 0.05) is 5.56 Å². The zero-order valence-corrected chi connectivity index (χ0v) is 21.1. The largest absolute Gasteiger partial charge is 0.507 e. The van der Waals surface area contributed by atoms with Crippen LogP contribution in [0.5, 0.6) is 11.5 Å². The van der Waals surface area contributed by atoms with Crippen molar-refractivity contribution in [3.05, 3.63) is 125 Å². The molecule has 1 unspecified atom stereocenters. The van der Waals surface area contributed by atoms with E-state index in [4.69, 9.17) is 13.9 Å². The summed E-state index contributed by atoms with van der Waals surface area (Å²) in [6.07, 6.45) is 1.51. The number of nitrogens with zero attached hydrogens (tertiary/aromatic N) is 1. The monoisotopic (exact) mass is 509 g/mol. The van der Waals surface area contributed by atoms with Crippen molar-refractivity contribution >= 4 is 17.4 Å².